The third-order valence-electron chi connectivity index (χ3n) is 4.32. The molecule has 2 nitrogen and oxygen atoms in total. The highest BCUT2D eigenvalue weighted by molar-refractivity contribution is 4.83. The molecule has 2 N–H and O–H groups in total. The molecule has 0 aromatic rings. The van der Waals surface area contributed by atoms with E-state index in [4.69, 9.17) is 5.73 Å². The van der Waals surface area contributed by atoms with Gasteiger partial charge in [0.25, 0.3) is 0 Å². The van der Waals surface area contributed by atoms with Crippen LogP contribution in [-0.2, 0) is 0 Å². The van der Waals surface area contributed by atoms with E-state index < -0.39 is 0 Å². The number of unbranched alkanes of at least 4 members (excludes halogenated alkanes) is 3. The van der Waals surface area contributed by atoms with Gasteiger partial charge in [-0.05, 0) is 38.6 Å². The monoisotopic (exact) mass is 240 g/mol. The van der Waals surface area contributed by atoms with E-state index >= 15 is 0 Å². The second-order valence-corrected chi connectivity index (χ2v) is 5.96. The molecule has 3 atom stereocenters. The fourth-order valence-corrected chi connectivity index (χ4v) is 3.19. The summed E-state index contributed by atoms with van der Waals surface area (Å²) in [4.78, 5) is 2.67. The molecule has 0 amide bonds. The maximum absolute atomic E-state index is 5.97. The molecular weight excluding hydrogens is 208 g/mol. The van der Waals surface area contributed by atoms with Crippen LogP contribution in [0.4, 0.5) is 0 Å². The highest BCUT2D eigenvalue weighted by atomic mass is 15.2. The summed E-state index contributed by atoms with van der Waals surface area (Å²) in [7, 11) is 0. The van der Waals surface area contributed by atoms with Crippen LogP contribution in [0.15, 0.2) is 0 Å². The van der Waals surface area contributed by atoms with Crippen LogP contribution in [0.5, 0.6) is 0 Å². The molecule has 1 saturated heterocycles. The second-order valence-electron chi connectivity index (χ2n) is 5.96. The van der Waals surface area contributed by atoms with Gasteiger partial charge in [-0.2, -0.15) is 0 Å². The number of piperidine rings is 1. The van der Waals surface area contributed by atoms with Crippen molar-refractivity contribution in [3.05, 3.63) is 0 Å². The summed E-state index contributed by atoms with van der Waals surface area (Å²) >= 11 is 0. The Morgan fingerprint density at radius 1 is 1.24 bits per heavy atom. The molecule has 3 unspecified atom stereocenters. The first-order valence-corrected chi connectivity index (χ1v) is 7.64. The van der Waals surface area contributed by atoms with Crippen molar-refractivity contribution in [3.63, 3.8) is 0 Å². The molecule has 17 heavy (non-hydrogen) atoms. The van der Waals surface area contributed by atoms with Crippen LogP contribution in [0.2, 0.25) is 0 Å². The Morgan fingerprint density at radius 3 is 2.59 bits per heavy atom. The normalized spacial score (nSPS) is 28.2. The lowest BCUT2D eigenvalue weighted by Gasteiger charge is -2.41. The van der Waals surface area contributed by atoms with Gasteiger partial charge in [-0.25, -0.2) is 0 Å². The van der Waals surface area contributed by atoms with E-state index in [1.165, 1.54) is 51.5 Å². The van der Waals surface area contributed by atoms with Gasteiger partial charge in [0.15, 0.2) is 0 Å². The molecule has 0 aliphatic carbocycles. The second kappa shape index (κ2) is 8.10. The summed E-state index contributed by atoms with van der Waals surface area (Å²) in [6.07, 6.45) is 9.45. The Kier molecular flexibility index (Phi) is 7.14. The number of hydrogen-bond acceptors (Lipinski definition) is 2. The van der Waals surface area contributed by atoms with Crippen LogP contribution < -0.4 is 5.73 Å². The van der Waals surface area contributed by atoms with E-state index in [9.17, 15) is 0 Å². The largest absolute Gasteiger partial charge is 0.329 e. The third kappa shape index (κ3) is 4.97. The van der Waals surface area contributed by atoms with E-state index in [1.807, 2.05) is 0 Å². The standard InChI is InChI=1S/C15H32N2/c1-4-5-6-7-8-15(12-16)17-10-9-13(2)11-14(17)3/h13-15H,4-12,16H2,1-3H3. The van der Waals surface area contributed by atoms with Gasteiger partial charge in [0.05, 0.1) is 0 Å². The summed E-state index contributed by atoms with van der Waals surface area (Å²) in [5, 5.41) is 0. The van der Waals surface area contributed by atoms with Crippen LogP contribution in [0.25, 0.3) is 0 Å². The summed E-state index contributed by atoms with van der Waals surface area (Å²) < 4.78 is 0. The van der Waals surface area contributed by atoms with Crippen LogP contribution >= 0.6 is 0 Å². The quantitative estimate of drug-likeness (QED) is 0.691. The van der Waals surface area contributed by atoms with E-state index in [2.05, 4.69) is 25.7 Å². The molecular formula is C15H32N2. The third-order valence-corrected chi connectivity index (χ3v) is 4.32. The van der Waals surface area contributed by atoms with Gasteiger partial charge in [-0.15, -0.1) is 0 Å². The zero-order valence-corrected chi connectivity index (χ0v) is 12.1. The van der Waals surface area contributed by atoms with E-state index in [-0.39, 0.29) is 0 Å². The molecule has 102 valence electrons. The lowest BCUT2D eigenvalue weighted by molar-refractivity contribution is 0.0794. The summed E-state index contributed by atoms with van der Waals surface area (Å²) in [6.45, 7) is 9.13. The number of nitrogens with two attached hydrogens (primary N) is 1. The summed E-state index contributed by atoms with van der Waals surface area (Å²) in [5.74, 6) is 0.903. The highest BCUT2D eigenvalue weighted by Gasteiger charge is 2.27. The average Bonchev–Trinajstić information content (AvgIpc) is 2.31. The van der Waals surface area contributed by atoms with Gasteiger partial charge in [0.1, 0.15) is 0 Å². The van der Waals surface area contributed by atoms with Gasteiger partial charge < -0.3 is 5.73 Å². The fraction of sp³-hybridized carbons (Fsp3) is 1.00. The Morgan fingerprint density at radius 2 is 2.00 bits per heavy atom. The summed E-state index contributed by atoms with van der Waals surface area (Å²) in [5.41, 5.74) is 5.97. The Bertz CT molecular complexity index is 193. The van der Waals surface area contributed by atoms with Crippen molar-refractivity contribution in [3.8, 4) is 0 Å². The molecule has 1 fully saturated rings. The van der Waals surface area contributed by atoms with E-state index in [0.717, 1.165) is 18.5 Å². The van der Waals surface area contributed by atoms with E-state index in [0.29, 0.717) is 6.04 Å². The van der Waals surface area contributed by atoms with Crippen molar-refractivity contribution in [1.82, 2.24) is 4.90 Å². The molecule has 1 rings (SSSR count). The van der Waals surface area contributed by atoms with Crippen molar-refractivity contribution in [2.75, 3.05) is 13.1 Å². The van der Waals surface area contributed by atoms with Gasteiger partial charge in [-0.3, -0.25) is 4.90 Å². The molecule has 2 heteroatoms. The molecule has 0 aromatic carbocycles. The molecule has 1 aliphatic heterocycles. The van der Waals surface area contributed by atoms with E-state index in [1.54, 1.807) is 0 Å². The summed E-state index contributed by atoms with van der Waals surface area (Å²) in [6, 6.07) is 1.37. The Labute approximate surface area is 108 Å². The minimum atomic E-state index is 0.634. The maximum atomic E-state index is 5.97. The number of nitrogens with zero attached hydrogens (tertiary/aromatic N) is 1. The molecule has 0 aromatic heterocycles. The first-order chi connectivity index (χ1) is 8.19. The van der Waals surface area contributed by atoms with Crippen LogP contribution in [0.1, 0.15) is 65.7 Å². The average molecular weight is 240 g/mol. The minimum absolute atomic E-state index is 0.634. The predicted molar refractivity (Wildman–Crippen MR) is 76.2 cm³/mol. The molecule has 0 spiro atoms. The molecule has 1 aliphatic rings. The van der Waals surface area contributed by atoms with Gasteiger partial charge >= 0.3 is 0 Å². The van der Waals surface area contributed by atoms with Gasteiger partial charge in [0.2, 0.25) is 0 Å². The van der Waals surface area contributed by atoms with Crippen molar-refractivity contribution in [2.45, 2.75) is 77.8 Å². The van der Waals surface area contributed by atoms with Crippen molar-refractivity contribution in [2.24, 2.45) is 11.7 Å². The van der Waals surface area contributed by atoms with Crippen LogP contribution in [-0.4, -0.2) is 30.1 Å². The zero-order valence-electron chi connectivity index (χ0n) is 12.1. The lowest BCUT2D eigenvalue weighted by atomic mass is 9.91. The smallest absolute Gasteiger partial charge is 0.0221 e. The molecule has 0 saturated carbocycles. The number of likely N-dealkylation sites (tertiary alicyclic amines) is 1. The first kappa shape index (κ1) is 15.0. The predicted octanol–water partition coefficient (Wildman–Crippen LogP) is 3.40. The van der Waals surface area contributed by atoms with Crippen molar-refractivity contribution in [1.29, 1.82) is 0 Å². The highest BCUT2D eigenvalue weighted by Crippen LogP contribution is 2.25. The molecule has 0 bridgehead atoms. The van der Waals surface area contributed by atoms with Crippen molar-refractivity contribution >= 4 is 0 Å². The van der Waals surface area contributed by atoms with Crippen molar-refractivity contribution < 1.29 is 0 Å². The Balaban J connectivity index is 2.33. The number of hydrogen-bond donors (Lipinski definition) is 1. The first-order valence-electron chi connectivity index (χ1n) is 7.64. The molecule has 0 radical (unpaired) electrons. The minimum Gasteiger partial charge on any atom is -0.329 e. The SMILES string of the molecule is CCCCCCC(CN)N1CCC(C)CC1C. The van der Waals surface area contributed by atoms with Crippen LogP contribution in [0, 0.1) is 5.92 Å². The zero-order chi connectivity index (χ0) is 12.7. The topological polar surface area (TPSA) is 29.3 Å². The fourth-order valence-electron chi connectivity index (χ4n) is 3.19. The lowest BCUT2D eigenvalue weighted by Crippen LogP contribution is -2.49. The maximum Gasteiger partial charge on any atom is 0.0221 e. The number of rotatable bonds is 7. The Hall–Kier alpha value is -0.0800. The molecule has 1 heterocycles. The van der Waals surface area contributed by atoms with Gasteiger partial charge in [0, 0.05) is 18.6 Å². The van der Waals surface area contributed by atoms with Crippen LogP contribution in [0.3, 0.4) is 0 Å². The van der Waals surface area contributed by atoms with Gasteiger partial charge in [-0.1, -0.05) is 39.5 Å².